The summed E-state index contributed by atoms with van der Waals surface area (Å²) in [6.45, 7) is 4.05. The first-order valence-corrected chi connectivity index (χ1v) is 15.0. The molecule has 0 bridgehead atoms. The molecule has 5 rings (SSSR count). The Hall–Kier alpha value is -3.63. The van der Waals surface area contributed by atoms with E-state index in [1.165, 1.54) is 23.9 Å². The Bertz CT molecular complexity index is 1780. The number of hydrogen-bond acceptors (Lipinski definition) is 6. The highest BCUT2D eigenvalue weighted by molar-refractivity contribution is 9.10. The van der Waals surface area contributed by atoms with Gasteiger partial charge >= 0.3 is 0 Å². The van der Waals surface area contributed by atoms with Crippen molar-refractivity contribution >= 4 is 85.1 Å². The van der Waals surface area contributed by atoms with Gasteiger partial charge in [0.05, 0.1) is 25.7 Å². The number of benzene rings is 4. The predicted molar refractivity (Wildman–Crippen MR) is 174 cm³/mol. The van der Waals surface area contributed by atoms with Crippen LogP contribution in [-0.4, -0.2) is 16.0 Å². The van der Waals surface area contributed by atoms with Gasteiger partial charge < -0.3 is 4.74 Å². The molecule has 0 saturated carbocycles. The van der Waals surface area contributed by atoms with Crippen LogP contribution in [0, 0.1) is 24.0 Å². The average molecular weight is 683 g/mol. The number of non-ortho nitro benzene ring substituents is 1. The number of anilines is 1. The molecule has 0 aliphatic carbocycles. The second-order valence-corrected chi connectivity index (χ2v) is 12.1. The number of amides is 1. The predicted octanol–water partition coefficient (Wildman–Crippen LogP) is 9.67. The molecule has 0 N–H and O–H groups in total. The molecular formula is C31H22BrCl2N3O4S. The number of nitrogens with zero attached hydrogens (tertiary/aromatic N) is 3. The lowest BCUT2D eigenvalue weighted by Gasteiger charge is -2.16. The minimum atomic E-state index is -0.441. The van der Waals surface area contributed by atoms with Gasteiger partial charge in [-0.15, -0.1) is 0 Å². The molecular weight excluding hydrogens is 661 g/mol. The lowest BCUT2D eigenvalue weighted by molar-refractivity contribution is -0.384. The van der Waals surface area contributed by atoms with Gasteiger partial charge in [0.15, 0.2) is 5.17 Å². The number of rotatable bonds is 7. The van der Waals surface area contributed by atoms with Gasteiger partial charge in [-0.1, -0.05) is 41.4 Å². The number of nitro benzene ring substituents is 1. The van der Waals surface area contributed by atoms with Gasteiger partial charge in [0.25, 0.3) is 11.6 Å². The van der Waals surface area contributed by atoms with Gasteiger partial charge in [0.1, 0.15) is 12.4 Å². The van der Waals surface area contributed by atoms with Gasteiger partial charge in [-0.25, -0.2) is 4.99 Å². The summed E-state index contributed by atoms with van der Waals surface area (Å²) in [6.07, 6.45) is 1.80. The van der Waals surface area contributed by atoms with E-state index in [2.05, 4.69) is 15.9 Å². The zero-order chi connectivity index (χ0) is 30.0. The van der Waals surface area contributed by atoms with Crippen LogP contribution < -0.4 is 9.64 Å². The summed E-state index contributed by atoms with van der Waals surface area (Å²) < 4.78 is 6.60. The van der Waals surface area contributed by atoms with Crippen molar-refractivity contribution in [3.05, 3.63) is 131 Å². The lowest BCUT2D eigenvalue weighted by Crippen LogP contribution is -2.28. The van der Waals surface area contributed by atoms with Gasteiger partial charge in [-0.05, 0) is 118 Å². The molecule has 0 spiro atoms. The Morgan fingerprint density at radius 2 is 1.67 bits per heavy atom. The molecule has 0 radical (unpaired) electrons. The molecule has 7 nitrogen and oxygen atoms in total. The first kappa shape index (κ1) is 29.8. The maximum atomic E-state index is 13.7. The van der Waals surface area contributed by atoms with Crippen LogP contribution in [-0.2, 0) is 11.4 Å². The van der Waals surface area contributed by atoms with Gasteiger partial charge in [0, 0.05) is 22.2 Å². The number of ether oxygens (including phenoxy) is 1. The highest BCUT2D eigenvalue weighted by Crippen LogP contribution is 2.39. The molecule has 1 amide bonds. The van der Waals surface area contributed by atoms with Crippen molar-refractivity contribution in [3.8, 4) is 5.75 Å². The minimum absolute atomic E-state index is 0.0246. The fourth-order valence-electron chi connectivity index (χ4n) is 4.01. The van der Waals surface area contributed by atoms with Crippen molar-refractivity contribution in [2.24, 2.45) is 4.99 Å². The third-order valence-electron chi connectivity index (χ3n) is 6.40. The molecule has 1 aliphatic heterocycles. The summed E-state index contributed by atoms with van der Waals surface area (Å²) in [4.78, 5) is 30.9. The smallest absolute Gasteiger partial charge is 0.271 e. The summed E-state index contributed by atoms with van der Waals surface area (Å²) in [5.41, 5.74) is 4.68. The van der Waals surface area contributed by atoms with Crippen LogP contribution >= 0.6 is 50.9 Å². The summed E-state index contributed by atoms with van der Waals surface area (Å²) in [6, 6.07) is 22.7. The number of thioether (sulfide) groups is 1. The van der Waals surface area contributed by atoms with E-state index < -0.39 is 4.92 Å². The standard InChI is InChI=1S/C31H22BrCl2N3O4S/c1-18-3-8-22(15-26(18)33)35-31-36(24-9-4-19(2)27(34)16-24)30(38)29(42-31)14-21-7-12-28(25(32)13-21)41-17-20-5-10-23(11-6-20)37(39)40/h3-16H,17H2,1-2H3/b29-14+,35-31?. The largest absolute Gasteiger partial charge is 0.488 e. The van der Waals surface area contributed by atoms with Crippen molar-refractivity contribution < 1.29 is 14.5 Å². The van der Waals surface area contributed by atoms with Crippen LogP contribution in [0.15, 0.2) is 93.2 Å². The number of amidine groups is 1. The van der Waals surface area contributed by atoms with E-state index in [1.807, 2.05) is 50.2 Å². The second kappa shape index (κ2) is 12.7. The van der Waals surface area contributed by atoms with E-state index >= 15 is 0 Å². The van der Waals surface area contributed by atoms with E-state index in [0.29, 0.717) is 41.7 Å². The van der Waals surface area contributed by atoms with Gasteiger partial charge in [-0.2, -0.15) is 0 Å². The van der Waals surface area contributed by atoms with Gasteiger partial charge in [0.2, 0.25) is 0 Å². The Balaban J connectivity index is 1.41. The lowest BCUT2D eigenvalue weighted by atomic mass is 10.2. The Morgan fingerprint density at radius 1 is 0.976 bits per heavy atom. The number of carbonyl (C=O) groups is 1. The van der Waals surface area contributed by atoms with Crippen LogP contribution in [0.1, 0.15) is 22.3 Å². The summed E-state index contributed by atoms with van der Waals surface area (Å²) in [5, 5.41) is 12.5. The first-order valence-electron chi connectivity index (χ1n) is 12.6. The molecule has 0 aromatic heterocycles. The van der Waals surface area contributed by atoms with Crippen molar-refractivity contribution in [1.29, 1.82) is 0 Å². The molecule has 4 aromatic rings. The number of carbonyl (C=O) groups excluding carboxylic acids is 1. The molecule has 0 unspecified atom stereocenters. The molecule has 1 fully saturated rings. The van der Waals surface area contributed by atoms with Crippen molar-refractivity contribution in [1.82, 2.24) is 0 Å². The zero-order valence-electron chi connectivity index (χ0n) is 22.3. The first-order chi connectivity index (χ1) is 20.1. The molecule has 1 saturated heterocycles. The van der Waals surface area contributed by atoms with Crippen LogP contribution in [0.2, 0.25) is 10.0 Å². The maximum Gasteiger partial charge on any atom is 0.271 e. The van der Waals surface area contributed by atoms with E-state index in [-0.39, 0.29) is 18.2 Å². The highest BCUT2D eigenvalue weighted by atomic mass is 79.9. The SMILES string of the molecule is Cc1ccc(N=C2S/C(=C/c3ccc(OCc4ccc([N+](=O)[O-])cc4)c(Br)c3)C(=O)N2c2ccc(C)c(Cl)c2)cc1Cl. The van der Waals surface area contributed by atoms with E-state index in [1.54, 1.807) is 41.3 Å². The fraction of sp³-hybridized carbons (Fsp3) is 0.0968. The van der Waals surface area contributed by atoms with E-state index in [9.17, 15) is 14.9 Å². The Morgan fingerprint density at radius 3 is 2.31 bits per heavy atom. The molecule has 11 heteroatoms. The normalized spacial score (nSPS) is 15.1. The van der Waals surface area contributed by atoms with Crippen molar-refractivity contribution in [2.75, 3.05) is 4.90 Å². The fourth-order valence-corrected chi connectivity index (χ4v) is 5.87. The Kier molecular flexibility index (Phi) is 9.03. The van der Waals surface area contributed by atoms with Gasteiger partial charge in [-0.3, -0.25) is 19.8 Å². The molecule has 1 heterocycles. The number of nitro groups is 1. The number of aryl methyl sites for hydroxylation is 2. The zero-order valence-corrected chi connectivity index (χ0v) is 26.2. The van der Waals surface area contributed by atoms with E-state index in [0.717, 1.165) is 22.3 Å². The molecule has 0 atom stereocenters. The highest BCUT2D eigenvalue weighted by Gasteiger charge is 2.35. The van der Waals surface area contributed by atoms with E-state index in [4.69, 9.17) is 32.9 Å². The molecule has 1 aliphatic rings. The summed E-state index contributed by atoms with van der Waals surface area (Å²) >= 11 is 17.6. The average Bonchev–Trinajstić information content (AvgIpc) is 3.25. The molecule has 4 aromatic carbocycles. The summed E-state index contributed by atoms with van der Waals surface area (Å²) in [7, 11) is 0. The molecule has 212 valence electrons. The minimum Gasteiger partial charge on any atom is -0.488 e. The monoisotopic (exact) mass is 681 g/mol. The van der Waals surface area contributed by atoms with Crippen LogP contribution in [0.4, 0.5) is 17.1 Å². The van der Waals surface area contributed by atoms with Crippen LogP contribution in [0.5, 0.6) is 5.75 Å². The third-order valence-corrected chi connectivity index (χ3v) is 8.80. The number of halogens is 3. The van der Waals surface area contributed by atoms with Crippen molar-refractivity contribution in [2.45, 2.75) is 20.5 Å². The maximum absolute atomic E-state index is 13.7. The number of hydrogen-bond donors (Lipinski definition) is 0. The second-order valence-electron chi connectivity index (χ2n) is 9.41. The summed E-state index contributed by atoms with van der Waals surface area (Å²) in [5.74, 6) is 0.363. The molecule has 42 heavy (non-hydrogen) atoms. The topological polar surface area (TPSA) is 85.0 Å². The van der Waals surface area contributed by atoms with Crippen molar-refractivity contribution in [3.63, 3.8) is 0 Å². The number of aliphatic imine (C=N–C) groups is 1. The quantitative estimate of drug-likeness (QED) is 0.110. The Labute approximate surface area is 265 Å². The van der Waals surface area contributed by atoms with Crippen LogP contribution in [0.3, 0.4) is 0 Å². The van der Waals surface area contributed by atoms with Crippen LogP contribution in [0.25, 0.3) is 6.08 Å². The third kappa shape index (κ3) is 6.71.